The summed E-state index contributed by atoms with van der Waals surface area (Å²) < 4.78 is 2.20. The van der Waals surface area contributed by atoms with Gasteiger partial charge in [0.05, 0.1) is 11.0 Å². The number of rotatable bonds is 5. The normalized spacial score (nSPS) is 12.8. The molecule has 4 heteroatoms. The summed E-state index contributed by atoms with van der Waals surface area (Å²) in [5.41, 5.74) is 17.0. The van der Waals surface area contributed by atoms with Gasteiger partial charge in [0.2, 0.25) is 6.71 Å². The van der Waals surface area contributed by atoms with Gasteiger partial charge in [0.25, 0.3) is 0 Å². The predicted molar refractivity (Wildman–Crippen MR) is 185 cm³/mol. The molecule has 202 valence electrons. The van der Waals surface area contributed by atoms with E-state index in [1.807, 2.05) is 6.08 Å². The molecule has 0 bridgehead atoms. The average molecular weight is 549 g/mol. The minimum atomic E-state index is 0.214. The molecule has 0 atom stereocenters. The summed E-state index contributed by atoms with van der Waals surface area (Å²) in [4.78, 5) is 4.59. The molecule has 0 saturated heterocycles. The molecule has 0 saturated carbocycles. The summed E-state index contributed by atoms with van der Waals surface area (Å²) in [6.45, 7) is 4.62. The maximum Gasteiger partial charge on any atom is 0.242 e. The summed E-state index contributed by atoms with van der Waals surface area (Å²) in [7, 11) is 0. The van der Waals surface area contributed by atoms with E-state index in [1.54, 1.807) is 6.20 Å². The maximum atomic E-state index is 6.46. The van der Waals surface area contributed by atoms with Gasteiger partial charge in [0.1, 0.15) is 5.84 Å². The molecule has 43 heavy (non-hydrogen) atoms. The summed E-state index contributed by atoms with van der Waals surface area (Å²) in [6, 6.07) is 47.2. The van der Waals surface area contributed by atoms with E-state index < -0.39 is 0 Å². The molecule has 0 radical (unpaired) electrons. The van der Waals surface area contributed by atoms with Crippen LogP contribution in [0.15, 0.2) is 157 Å². The standard InChI is InChI=1S/C39H28BN3/c1-26(43-36-17-9-6-14-33(36)38-30-11-3-2-10-27(30)20-23-37(38)43)24-25-42-39(41)28-18-21-29(22-19-28)40-34-15-7-4-12-31(34)32-13-5-8-16-35(32)40/h2-25H,1H2,(H2,41,42)/b25-24-. The Kier molecular flexibility index (Phi) is 5.87. The molecule has 0 spiro atoms. The van der Waals surface area contributed by atoms with Gasteiger partial charge >= 0.3 is 0 Å². The van der Waals surface area contributed by atoms with Crippen LogP contribution in [0.25, 0.3) is 49.4 Å². The lowest BCUT2D eigenvalue weighted by Gasteiger charge is -2.11. The predicted octanol–water partition coefficient (Wildman–Crippen LogP) is 6.83. The van der Waals surface area contributed by atoms with E-state index in [1.165, 1.54) is 49.1 Å². The summed E-state index contributed by atoms with van der Waals surface area (Å²) in [5, 5.41) is 4.91. The van der Waals surface area contributed by atoms with Crippen LogP contribution in [-0.4, -0.2) is 17.1 Å². The topological polar surface area (TPSA) is 43.3 Å². The molecule has 0 unspecified atom stereocenters. The summed E-state index contributed by atoms with van der Waals surface area (Å²) in [5.74, 6) is 0.469. The molecular formula is C39H28BN3. The number of hydrogen-bond acceptors (Lipinski definition) is 1. The number of benzene rings is 6. The van der Waals surface area contributed by atoms with Crippen molar-refractivity contribution < 1.29 is 0 Å². The Labute approximate surface area is 251 Å². The van der Waals surface area contributed by atoms with Crippen LogP contribution in [0.1, 0.15) is 5.56 Å². The minimum Gasteiger partial charge on any atom is -0.383 e. The monoisotopic (exact) mass is 549 g/mol. The summed E-state index contributed by atoms with van der Waals surface area (Å²) in [6.07, 6.45) is 3.67. The Morgan fingerprint density at radius 3 is 2.02 bits per heavy atom. The van der Waals surface area contributed by atoms with Crippen LogP contribution in [0.5, 0.6) is 0 Å². The first kappa shape index (κ1) is 25.1. The average Bonchev–Trinajstić information content (AvgIpc) is 3.58. The van der Waals surface area contributed by atoms with Crippen LogP contribution in [0.3, 0.4) is 0 Å². The molecule has 0 aliphatic carbocycles. The van der Waals surface area contributed by atoms with Crippen LogP contribution >= 0.6 is 0 Å². The first-order chi connectivity index (χ1) is 21.2. The van der Waals surface area contributed by atoms with Gasteiger partial charge in [-0.2, -0.15) is 0 Å². The number of para-hydroxylation sites is 1. The Hall–Kier alpha value is -5.61. The molecule has 6 aromatic carbocycles. The molecule has 7 aromatic rings. The lowest BCUT2D eigenvalue weighted by molar-refractivity contribution is 1.24. The number of aliphatic imine (C=N–C) groups is 1. The number of aromatic nitrogens is 1. The van der Waals surface area contributed by atoms with E-state index in [0.717, 1.165) is 22.3 Å². The van der Waals surface area contributed by atoms with Crippen molar-refractivity contribution in [2.24, 2.45) is 10.7 Å². The first-order valence-corrected chi connectivity index (χ1v) is 14.6. The van der Waals surface area contributed by atoms with Crippen molar-refractivity contribution in [3.63, 3.8) is 0 Å². The smallest absolute Gasteiger partial charge is 0.242 e. The largest absolute Gasteiger partial charge is 0.383 e. The minimum absolute atomic E-state index is 0.214. The fourth-order valence-electron chi connectivity index (χ4n) is 6.76. The fourth-order valence-corrected chi connectivity index (χ4v) is 6.76. The third-order valence-electron chi connectivity index (χ3n) is 8.70. The SMILES string of the molecule is C=C(/C=C\N=C(N)c1ccc(B2c3ccccc3-c3ccccc32)cc1)n1c2ccccc2c2c3ccccc3ccc21. The number of hydrogen-bond donors (Lipinski definition) is 1. The Bertz CT molecular complexity index is 2230. The highest BCUT2D eigenvalue weighted by Crippen LogP contribution is 2.36. The number of fused-ring (bicyclic) bond motifs is 8. The van der Waals surface area contributed by atoms with Crippen LogP contribution in [-0.2, 0) is 0 Å². The van der Waals surface area contributed by atoms with Gasteiger partial charge in [0, 0.05) is 28.2 Å². The fraction of sp³-hybridized carbons (Fsp3) is 0. The van der Waals surface area contributed by atoms with Crippen molar-refractivity contribution in [1.29, 1.82) is 0 Å². The molecule has 1 aliphatic rings. The first-order valence-electron chi connectivity index (χ1n) is 14.6. The van der Waals surface area contributed by atoms with Crippen molar-refractivity contribution in [1.82, 2.24) is 4.57 Å². The van der Waals surface area contributed by atoms with Gasteiger partial charge < -0.3 is 10.3 Å². The second-order valence-corrected chi connectivity index (χ2v) is 11.1. The van der Waals surface area contributed by atoms with Gasteiger partial charge in [-0.3, -0.25) is 0 Å². The van der Waals surface area contributed by atoms with Gasteiger partial charge in [0.15, 0.2) is 0 Å². The van der Waals surface area contributed by atoms with Crippen molar-refractivity contribution in [3.8, 4) is 11.1 Å². The van der Waals surface area contributed by atoms with Crippen LogP contribution in [0, 0.1) is 0 Å². The molecule has 2 heterocycles. The zero-order valence-corrected chi connectivity index (χ0v) is 23.6. The lowest BCUT2D eigenvalue weighted by atomic mass is 9.39. The molecule has 2 N–H and O–H groups in total. The van der Waals surface area contributed by atoms with E-state index in [-0.39, 0.29) is 6.71 Å². The molecule has 3 nitrogen and oxygen atoms in total. The van der Waals surface area contributed by atoms with Gasteiger partial charge in [-0.1, -0.05) is 144 Å². The zero-order valence-electron chi connectivity index (χ0n) is 23.6. The molecule has 0 fully saturated rings. The second kappa shape index (κ2) is 10.0. The number of nitrogens with zero attached hydrogens (tertiary/aromatic N) is 2. The molecular weight excluding hydrogens is 521 g/mol. The second-order valence-electron chi connectivity index (χ2n) is 11.1. The number of nitrogens with two attached hydrogens (primary N) is 1. The highest BCUT2D eigenvalue weighted by atomic mass is 15.0. The van der Waals surface area contributed by atoms with Crippen molar-refractivity contribution >= 4 is 67.2 Å². The third-order valence-corrected chi connectivity index (χ3v) is 8.70. The molecule has 0 amide bonds. The van der Waals surface area contributed by atoms with Crippen molar-refractivity contribution in [2.45, 2.75) is 0 Å². The van der Waals surface area contributed by atoms with Gasteiger partial charge in [-0.25, -0.2) is 4.99 Å². The Balaban J connectivity index is 1.09. The summed E-state index contributed by atoms with van der Waals surface area (Å²) >= 11 is 0. The molecule has 8 rings (SSSR count). The third kappa shape index (κ3) is 4.03. The number of allylic oxidation sites excluding steroid dienone is 2. The number of amidine groups is 1. The zero-order chi connectivity index (χ0) is 28.9. The van der Waals surface area contributed by atoms with E-state index >= 15 is 0 Å². The van der Waals surface area contributed by atoms with Crippen LogP contribution in [0.2, 0.25) is 0 Å². The highest BCUT2D eigenvalue weighted by molar-refractivity contribution is 6.99. The lowest BCUT2D eigenvalue weighted by Crippen LogP contribution is -2.48. The molecule has 1 aromatic heterocycles. The van der Waals surface area contributed by atoms with E-state index in [2.05, 4.69) is 150 Å². The van der Waals surface area contributed by atoms with Crippen LogP contribution in [0.4, 0.5) is 0 Å². The Morgan fingerprint density at radius 2 is 1.28 bits per heavy atom. The Morgan fingerprint density at radius 1 is 0.651 bits per heavy atom. The van der Waals surface area contributed by atoms with Gasteiger partial charge in [-0.15, -0.1) is 0 Å². The highest BCUT2D eigenvalue weighted by Gasteiger charge is 2.32. The van der Waals surface area contributed by atoms with Gasteiger partial charge in [-0.05, 0) is 40.1 Å². The van der Waals surface area contributed by atoms with E-state index in [9.17, 15) is 0 Å². The van der Waals surface area contributed by atoms with Crippen LogP contribution < -0.4 is 22.1 Å². The quantitative estimate of drug-likeness (QED) is 0.109. The maximum absolute atomic E-state index is 6.46. The van der Waals surface area contributed by atoms with E-state index in [4.69, 9.17) is 5.73 Å². The van der Waals surface area contributed by atoms with Crippen molar-refractivity contribution in [3.05, 3.63) is 158 Å². The van der Waals surface area contributed by atoms with E-state index in [0.29, 0.717) is 5.84 Å². The van der Waals surface area contributed by atoms with Crippen molar-refractivity contribution in [2.75, 3.05) is 0 Å². The molecule has 1 aliphatic heterocycles.